The molecule has 1 fully saturated rings. The van der Waals surface area contributed by atoms with Crippen LogP contribution in [-0.2, 0) is 0 Å². The first kappa shape index (κ1) is 17.1. The van der Waals surface area contributed by atoms with Crippen molar-refractivity contribution in [2.45, 2.75) is 38.6 Å². The fraction of sp³-hybridized carbons (Fsp3) is 0.625. The van der Waals surface area contributed by atoms with Crippen LogP contribution in [0, 0.1) is 5.92 Å². The van der Waals surface area contributed by atoms with E-state index in [4.69, 9.17) is 9.47 Å². The van der Waals surface area contributed by atoms with Crippen LogP contribution in [0.25, 0.3) is 0 Å². The molecule has 0 saturated heterocycles. The highest BCUT2D eigenvalue weighted by Gasteiger charge is 2.20. The Morgan fingerprint density at radius 3 is 2.52 bits per heavy atom. The highest BCUT2D eigenvalue weighted by molar-refractivity contribution is 9.11. The Balaban J connectivity index is 1.79. The first-order valence-electron chi connectivity index (χ1n) is 7.51. The molecule has 2 atom stereocenters. The maximum Gasteiger partial charge on any atom is 0.134 e. The minimum Gasteiger partial charge on any atom is -0.496 e. The summed E-state index contributed by atoms with van der Waals surface area (Å²) in [6.07, 6.45) is 5.36. The molecule has 2 unspecified atom stereocenters. The third-order valence-electron chi connectivity index (χ3n) is 4.08. The number of nitrogens with one attached hydrogen (secondary N) is 1. The van der Waals surface area contributed by atoms with Crippen LogP contribution in [0.2, 0.25) is 0 Å². The highest BCUT2D eigenvalue weighted by atomic mass is 79.9. The number of hydrogen-bond donors (Lipinski definition) is 1. The summed E-state index contributed by atoms with van der Waals surface area (Å²) in [5.41, 5.74) is 0. The van der Waals surface area contributed by atoms with Gasteiger partial charge in [0.2, 0.25) is 0 Å². The molecule has 21 heavy (non-hydrogen) atoms. The maximum atomic E-state index is 5.85. The van der Waals surface area contributed by atoms with Crippen molar-refractivity contribution in [2.75, 3.05) is 20.3 Å². The molecule has 0 aliphatic heterocycles. The zero-order valence-electron chi connectivity index (χ0n) is 12.6. The van der Waals surface area contributed by atoms with Crippen LogP contribution in [0.5, 0.6) is 11.5 Å². The zero-order chi connectivity index (χ0) is 15.2. The second kappa shape index (κ2) is 8.39. The Labute approximate surface area is 144 Å². The third-order valence-corrected chi connectivity index (χ3v) is 5.32. The van der Waals surface area contributed by atoms with Crippen molar-refractivity contribution >= 4 is 31.9 Å². The molecule has 0 aromatic heterocycles. The Morgan fingerprint density at radius 1 is 1.14 bits per heavy atom. The van der Waals surface area contributed by atoms with Gasteiger partial charge in [-0.05, 0) is 62.8 Å². The molecule has 1 saturated carbocycles. The van der Waals surface area contributed by atoms with Crippen LogP contribution in [0.1, 0.15) is 32.6 Å². The van der Waals surface area contributed by atoms with E-state index < -0.39 is 0 Å². The summed E-state index contributed by atoms with van der Waals surface area (Å²) in [4.78, 5) is 0. The van der Waals surface area contributed by atoms with Crippen LogP contribution >= 0.6 is 31.9 Å². The highest BCUT2D eigenvalue weighted by Crippen LogP contribution is 2.35. The summed E-state index contributed by atoms with van der Waals surface area (Å²) < 4.78 is 12.9. The van der Waals surface area contributed by atoms with Crippen LogP contribution in [-0.4, -0.2) is 26.3 Å². The quantitative estimate of drug-likeness (QED) is 0.672. The van der Waals surface area contributed by atoms with E-state index in [-0.39, 0.29) is 0 Å². The lowest BCUT2D eigenvalue weighted by Crippen LogP contribution is -2.39. The number of halogens is 2. The minimum absolute atomic E-state index is 0.647. The Morgan fingerprint density at radius 2 is 1.81 bits per heavy atom. The van der Waals surface area contributed by atoms with Crippen molar-refractivity contribution in [2.24, 2.45) is 5.92 Å². The van der Waals surface area contributed by atoms with Crippen molar-refractivity contribution in [3.8, 4) is 11.5 Å². The standard InChI is InChI=1S/C16H23Br2NO2/c1-11-5-3-4-6-14(11)19-7-8-21-16-10-12(17)15(20-2)9-13(16)18/h9-11,14,19H,3-8H2,1-2H3. The molecule has 0 radical (unpaired) electrons. The number of hydrogen-bond acceptors (Lipinski definition) is 3. The van der Waals surface area contributed by atoms with E-state index >= 15 is 0 Å². The van der Waals surface area contributed by atoms with E-state index in [0.717, 1.165) is 32.9 Å². The Kier molecular flexibility index (Phi) is 6.83. The molecule has 1 N–H and O–H groups in total. The maximum absolute atomic E-state index is 5.85. The van der Waals surface area contributed by atoms with Crippen LogP contribution < -0.4 is 14.8 Å². The van der Waals surface area contributed by atoms with Gasteiger partial charge in [0.25, 0.3) is 0 Å². The molecule has 1 aromatic rings. The van der Waals surface area contributed by atoms with Crippen LogP contribution in [0.3, 0.4) is 0 Å². The van der Waals surface area contributed by atoms with Gasteiger partial charge in [0.15, 0.2) is 0 Å². The second-order valence-corrected chi connectivity index (χ2v) is 7.30. The molecule has 0 heterocycles. The lowest BCUT2D eigenvalue weighted by Gasteiger charge is -2.29. The van der Waals surface area contributed by atoms with Gasteiger partial charge in [-0.25, -0.2) is 0 Å². The first-order valence-corrected chi connectivity index (χ1v) is 9.09. The Hall–Kier alpha value is -0.260. The number of ether oxygens (including phenoxy) is 2. The SMILES string of the molecule is COc1cc(Br)c(OCCNC2CCCCC2C)cc1Br. The van der Waals surface area contributed by atoms with Crippen molar-refractivity contribution in [1.29, 1.82) is 0 Å². The number of methoxy groups -OCH3 is 1. The van der Waals surface area contributed by atoms with Crippen LogP contribution in [0.15, 0.2) is 21.1 Å². The fourth-order valence-corrected chi connectivity index (χ4v) is 3.72. The summed E-state index contributed by atoms with van der Waals surface area (Å²) >= 11 is 6.99. The van der Waals surface area contributed by atoms with Crippen molar-refractivity contribution < 1.29 is 9.47 Å². The van der Waals surface area contributed by atoms with E-state index in [2.05, 4.69) is 44.1 Å². The molecule has 1 aromatic carbocycles. The van der Waals surface area contributed by atoms with Gasteiger partial charge >= 0.3 is 0 Å². The van der Waals surface area contributed by atoms with Gasteiger partial charge in [-0.3, -0.25) is 0 Å². The molecule has 2 rings (SSSR count). The fourth-order valence-electron chi connectivity index (χ4n) is 2.80. The van der Waals surface area contributed by atoms with Gasteiger partial charge in [-0.2, -0.15) is 0 Å². The monoisotopic (exact) mass is 419 g/mol. The van der Waals surface area contributed by atoms with E-state index in [1.165, 1.54) is 25.7 Å². The van der Waals surface area contributed by atoms with E-state index in [1.807, 2.05) is 12.1 Å². The summed E-state index contributed by atoms with van der Waals surface area (Å²) in [7, 11) is 1.66. The molecule has 0 spiro atoms. The van der Waals surface area contributed by atoms with Gasteiger partial charge < -0.3 is 14.8 Å². The van der Waals surface area contributed by atoms with Gasteiger partial charge in [-0.15, -0.1) is 0 Å². The summed E-state index contributed by atoms with van der Waals surface area (Å²) in [6.45, 7) is 3.89. The summed E-state index contributed by atoms with van der Waals surface area (Å²) in [5.74, 6) is 2.41. The number of benzene rings is 1. The molecule has 3 nitrogen and oxygen atoms in total. The van der Waals surface area contributed by atoms with E-state index in [9.17, 15) is 0 Å². The van der Waals surface area contributed by atoms with Gasteiger partial charge in [0.05, 0.1) is 16.1 Å². The average molecular weight is 421 g/mol. The second-order valence-electron chi connectivity index (χ2n) is 5.59. The summed E-state index contributed by atoms with van der Waals surface area (Å²) in [5, 5.41) is 3.62. The topological polar surface area (TPSA) is 30.5 Å². The minimum atomic E-state index is 0.647. The molecule has 5 heteroatoms. The molecule has 1 aliphatic rings. The van der Waals surface area contributed by atoms with E-state index in [0.29, 0.717) is 12.6 Å². The lowest BCUT2D eigenvalue weighted by molar-refractivity contribution is 0.250. The molecule has 118 valence electrons. The normalized spacial score (nSPS) is 22.1. The summed E-state index contributed by atoms with van der Waals surface area (Å²) in [6, 6.07) is 4.50. The molecule has 0 amide bonds. The number of rotatable bonds is 6. The zero-order valence-corrected chi connectivity index (χ0v) is 15.8. The lowest BCUT2D eigenvalue weighted by atomic mass is 9.86. The predicted octanol–water partition coefficient (Wildman–Crippen LogP) is 4.77. The first-order chi connectivity index (χ1) is 10.1. The smallest absolute Gasteiger partial charge is 0.134 e. The molecular weight excluding hydrogens is 398 g/mol. The van der Waals surface area contributed by atoms with E-state index in [1.54, 1.807) is 7.11 Å². The van der Waals surface area contributed by atoms with Crippen molar-refractivity contribution in [3.63, 3.8) is 0 Å². The largest absolute Gasteiger partial charge is 0.496 e. The van der Waals surface area contributed by atoms with Gasteiger partial charge in [0.1, 0.15) is 18.1 Å². The van der Waals surface area contributed by atoms with Gasteiger partial charge in [0, 0.05) is 12.6 Å². The average Bonchev–Trinajstić information content (AvgIpc) is 2.48. The predicted molar refractivity (Wildman–Crippen MR) is 93.3 cm³/mol. The molecule has 0 bridgehead atoms. The molecule has 1 aliphatic carbocycles. The van der Waals surface area contributed by atoms with Crippen LogP contribution in [0.4, 0.5) is 0 Å². The Bertz CT molecular complexity index is 468. The van der Waals surface area contributed by atoms with Crippen molar-refractivity contribution in [1.82, 2.24) is 5.32 Å². The third kappa shape index (κ3) is 4.86. The van der Waals surface area contributed by atoms with Crippen molar-refractivity contribution in [3.05, 3.63) is 21.1 Å². The van der Waals surface area contributed by atoms with Gasteiger partial charge in [-0.1, -0.05) is 19.8 Å². The molecular formula is C16H23Br2NO2.